The Morgan fingerprint density at radius 1 is 0.960 bits per heavy atom. The number of aromatic amines is 2. The minimum Gasteiger partial charge on any atom is -0.488 e. The van der Waals surface area contributed by atoms with Crippen LogP contribution in [0.15, 0.2) is 48.7 Å². The predicted octanol–water partition coefficient (Wildman–Crippen LogP) is 5.28. The summed E-state index contributed by atoms with van der Waals surface area (Å²) in [5, 5.41) is 7.72. The van der Waals surface area contributed by atoms with E-state index in [1.807, 2.05) is 17.9 Å². The molecular formula is C38H46N8O4. The third-order valence-electron chi connectivity index (χ3n) is 9.38. The molecule has 0 saturated heterocycles. The summed E-state index contributed by atoms with van der Waals surface area (Å²) in [5.74, 6) is 2.01. The molecule has 3 heterocycles. The average Bonchev–Trinajstić information content (AvgIpc) is 3.78. The van der Waals surface area contributed by atoms with E-state index in [0.717, 1.165) is 74.2 Å². The van der Waals surface area contributed by atoms with Gasteiger partial charge in [-0.05, 0) is 73.2 Å². The van der Waals surface area contributed by atoms with Gasteiger partial charge in [-0.25, -0.2) is 9.97 Å². The zero-order valence-corrected chi connectivity index (χ0v) is 29.5. The second-order valence-corrected chi connectivity index (χ2v) is 12.9. The number of amides is 3. The summed E-state index contributed by atoms with van der Waals surface area (Å²) in [7, 11) is 1.78. The molecule has 12 heteroatoms. The van der Waals surface area contributed by atoms with Gasteiger partial charge in [-0.15, -0.1) is 0 Å². The van der Waals surface area contributed by atoms with Gasteiger partial charge in [0.15, 0.2) is 0 Å². The van der Waals surface area contributed by atoms with Crippen molar-refractivity contribution in [2.75, 3.05) is 26.7 Å². The lowest BCUT2D eigenvalue weighted by Gasteiger charge is -2.27. The van der Waals surface area contributed by atoms with Crippen LogP contribution in [0.5, 0.6) is 5.75 Å². The van der Waals surface area contributed by atoms with Crippen LogP contribution in [-0.2, 0) is 34.1 Å². The Labute approximate surface area is 292 Å². The van der Waals surface area contributed by atoms with Crippen molar-refractivity contribution in [2.45, 2.75) is 72.7 Å². The highest BCUT2D eigenvalue weighted by atomic mass is 16.5. The standard InChI is InChI=1S/C38H46N8O4/c1-6-13-45(36(48)19-41-35(47)8-3)20-33-40-17-31(43-33)25-9-11-27-26(14-25)22-50-32-16-28-24(15-29(27)32)10-12-30-38(28)44-34(42-30)21-46(23(4)7-2)37(49)18-39-5/h9-12,14-17,23,39H,6-8,13,18-22H2,1-5H3,(H,40,43)(H,41,47)(H,42,44)/t23-/m0/s1. The van der Waals surface area contributed by atoms with Crippen LogP contribution in [0.4, 0.5) is 0 Å². The molecule has 50 heavy (non-hydrogen) atoms. The van der Waals surface area contributed by atoms with E-state index < -0.39 is 0 Å². The van der Waals surface area contributed by atoms with Crippen LogP contribution in [0.25, 0.3) is 44.2 Å². The number of hydrogen-bond acceptors (Lipinski definition) is 7. The number of likely N-dealkylation sites (N-methyl/N-ethyl adjacent to an activating group) is 1. The van der Waals surface area contributed by atoms with Gasteiger partial charge in [-0.2, -0.15) is 0 Å². The zero-order valence-electron chi connectivity index (χ0n) is 29.5. The second kappa shape index (κ2) is 15.1. The number of nitrogens with one attached hydrogen (secondary N) is 4. The molecule has 0 saturated carbocycles. The highest BCUT2D eigenvalue weighted by Gasteiger charge is 2.23. The quantitative estimate of drug-likeness (QED) is 0.125. The van der Waals surface area contributed by atoms with Gasteiger partial charge in [0.1, 0.15) is 24.0 Å². The molecule has 4 N–H and O–H groups in total. The van der Waals surface area contributed by atoms with E-state index >= 15 is 0 Å². The molecule has 0 bridgehead atoms. The molecule has 0 fully saturated rings. The molecule has 6 rings (SSSR count). The first-order valence-electron chi connectivity index (χ1n) is 17.5. The first-order valence-corrected chi connectivity index (χ1v) is 17.5. The van der Waals surface area contributed by atoms with Crippen LogP contribution in [0.3, 0.4) is 0 Å². The van der Waals surface area contributed by atoms with Gasteiger partial charge in [0, 0.05) is 30.0 Å². The van der Waals surface area contributed by atoms with Crippen molar-refractivity contribution < 1.29 is 19.1 Å². The topological polar surface area (TPSA) is 148 Å². The van der Waals surface area contributed by atoms with Gasteiger partial charge in [0.2, 0.25) is 17.7 Å². The van der Waals surface area contributed by atoms with Crippen LogP contribution in [0, 0.1) is 0 Å². The highest BCUT2D eigenvalue weighted by Crippen LogP contribution is 2.42. The fourth-order valence-electron chi connectivity index (χ4n) is 6.45. The Hall–Kier alpha value is -5.23. The molecule has 3 amide bonds. The molecule has 3 aromatic carbocycles. The molecule has 1 aliphatic rings. The molecule has 2 aromatic heterocycles. The van der Waals surface area contributed by atoms with Crippen molar-refractivity contribution in [1.82, 2.24) is 40.4 Å². The van der Waals surface area contributed by atoms with Crippen molar-refractivity contribution >= 4 is 39.5 Å². The van der Waals surface area contributed by atoms with E-state index in [1.165, 1.54) is 0 Å². The fourth-order valence-corrected chi connectivity index (χ4v) is 6.45. The number of benzene rings is 3. The molecule has 0 radical (unpaired) electrons. The van der Waals surface area contributed by atoms with Crippen molar-refractivity contribution in [3.05, 3.63) is 65.9 Å². The molecule has 1 atom stereocenters. The van der Waals surface area contributed by atoms with Gasteiger partial charge in [0.05, 0.1) is 49.1 Å². The van der Waals surface area contributed by atoms with Gasteiger partial charge >= 0.3 is 0 Å². The van der Waals surface area contributed by atoms with Crippen molar-refractivity contribution in [3.63, 3.8) is 0 Å². The Morgan fingerprint density at radius 2 is 1.80 bits per heavy atom. The number of carbonyl (C=O) groups is 3. The summed E-state index contributed by atoms with van der Waals surface area (Å²) in [4.78, 5) is 57.2. The smallest absolute Gasteiger partial charge is 0.242 e. The van der Waals surface area contributed by atoms with E-state index in [4.69, 9.17) is 9.72 Å². The van der Waals surface area contributed by atoms with E-state index in [2.05, 4.69) is 75.8 Å². The maximum Gasteiger partial charge on any atom is 0.242 e. The normalized spacial score (nSPS) is 12.7. The molecule has 5 aromatic rings. The van der Waals surface area contributed by atoms with Crippen LogP contribution >= 0.6 is 0 Å². The Kier molecular flexibility index (Phi) is 10.5. The van der Waals surface area contributed by atoms with Crippen LogP contribution < -0.4 is 15.4 Å². The van der Waals surface area contributed by atoms with Crippen molar-refractivity contribution in [3.8, 4) is 28.1 Å². The fraction of sp³-hybridized carbons (Fsp3) is 0.395. The van der Waals surface area contributed by atoms with E-state index in [9.17, 15) is 14.4 Å². The van der Waals surface area contributed by atoms with E-state index in [0.29, 0.717) is 38.5 Å². The minimum atomic E-state index is -0.147. The number of hydrogen-bond donors (Lipinski definition) is 4. The van der Waals surface area contributed by atoms with Crippen molar-refractivity contribution in [2.24, 2.45) is 0 Å². The van der Waals surface area contributed by atoms with Crippen molar-refractivity contribution in [1.29, 1.82) is 0 Å². The van der Waals surface area contributed by atoms with E-state index in [1.54, 1.807) is 25.1 Å². The maximum absolute atomic E-state index is 12.8. The number of aromatic nitrogens is 4. The number of carbonyl (C=O) groups excluding carboxylic acids is 3. The first kappa shape index (κ1) is 34.6. The Morgan fingerprint density at radius 3 is 2.56 bits per heavy atom. The van der Waals surface area contributed by atoms with Gasteiger partial charge in [-0.3, -0.25) is 14.4 Å². The van der Waals surface area contributed by atoms with Crippen LogP contribution in [0.2, 0.25) is 0 Å². The molecule has 262 valence electrons. The SMILES string of the molecule is CCCN(Cc1ncc(-c2ccc3c(c2)COc2cc4c(ccc5nc(CN(C(=O)CNC)[C@@H](C)CC)[nH]c54)cc2-3)[nH]1)C(=O)CNC(=O)CC. The number of imidazole rings is 2. The average molecular weight is 679 g/mol. The number of rotatable bonds is 14. The Balaban J connectivity index is 1.23. The van der Waals surface area contributed by atoms with E-state index in [-0.39, 0.29) is 36.9 Å². The summed E-state index contributed by atoms with van der Waals surface area (Å²) in [6, 6.07) is 14.8. The minimum absolute atomic E-state index is 0.0217. The number of nitrogens with zero attached hydrogens (tertiary/aromatic N) is 4. The second-order valence-electron chi connectivity index (χ2n) is 12.9. The van der Waals surface area contributed by atoms with Gasteiger partial charge in [0.25, 0.3) is 0 Å². The van der Waals surface area contributed by atoms with Crippen LogP contribution in [-0.4, -0.2) is 80.2 Å². The first-order chi connectivity index (χ1) is 24.2. The molecule has 0 spiro atoms. The third kappa shape index (κ3) is 7.20. The maximum atomic E-state index is 12.8. The summed E-state index contributed by atoms with van der Waals surface area (Å²) in [5.41, 5.74) is 6.82. The number of fused-ring (bicyclic) bond motifs is 6. The zero-order chi connectivity index (χ0) is 35.4. The third-order valence-corrected chi connectivity index (χ3v) is 9.38. The lowest BCUT2D eigenvalue weighted by molar-refractivity contribution is -0.133. The molecule has 0 unspecified atom stereocenters. The van der Waals surface area contributed by atoms with Gasteiger partial charge < -0.3 is 35.1 Å². The summed E-state index contributed by atoms with van der Waals surface area (Å²) in [6.45, 7) is 9.92. The predicted molar refractivity (Wildman–Crippen MR) is 194 cm³/mol. The van der Waals surface area contributed by atoms with Crippen LogP contribution in [0.1, 0.15) is 64.2 Å². The highest BCUT2D eigenvalue weighted by molar-refractivity contribution is 6.07. The lowest BCUT2D eigenvalue weighted by atomic mass is 9.92. The summed E-state index contributed by atoms with van der Waals surface area (Å²) < 4.78 is 6.34. The molecule has 0 aliphatic carbocycles. The summed E-state index contributed by atoms with van der Waals surface area (Å²) in [6.07, 6.45) is 3.79. The number of ether oxygens (including phenoxy) is 1. The molecular weight excluding hydrogens is 632 g/mol. The molecule has 1 aliphatic heterocycles. The Bertz CT molecular complexity index is 2030. The summed E-state index contributed by atoms with van der Waals surface area (Å²) >= 11 is 0. The van der Waals surface area contributed by atoms with Gasteiger partial charge in [-0.1, -0.05) is 39.0 Å². The lowest BCUT2D eigenvalue weighted by Crippen LogP contribution is -2.42. The monoisotopic (exact) mass is 678 g/mol. The largest absolute Gasteiger partial charge is 0.488 e. The number of H-pyrrole nitrogens is 2. The molecule has 12 nitrogen and oxygen atoms in total.